The van der Waals surface area contributed by atoms with Gasteiger partial charge in [0.15, 0.2) is 5.96 Å². The summed E-state index contributed by atoms with van der Waals surface area (Å²) in [5.74, 6) is 0.921. The minimum absolute atomic E-state index is 0. The molecule has 0 aromatic heterocycles. The summed E-state index contributed by atoms with van der Waals surface area (Å²) in [6.45, 7) is 15.7. The normalized spacial score (nSPS) is 11.6. The molecule has 0 aliphatic heterocycles. The van der Waals surface area contributed by atoms with Crippen molar-refractivity contribution in [3.8, 4) is 0 Å². The number of aliphatic imine (C=N–C) groups is 1. The number of hydrogen-bond donors (Lipinski definition) is 2. The summed E-state index contributed by atoms with van der Waals surface area (Å²) in [6, 6.07) is 0.422. The van der Waals surface area contributed by atoms with Crippen molar-refractivity contribution in [2.45, 2.75) is 40.7 Å². The second-order valence-electron chi connectivity index (χ2n) is 4.09. The number of halogens is 1. The van der Waals surface area contributed by atoms with Crippen LogP contribution in [-0.4, -0.2) is 49.6 Å². The van der Waals surface area contributed by atoms with E-state index in [0.717, 1.165) is 38.7 Å². The Balaban J connectivity index is 0. The summed E-state index contributed by atoms with van der Waals surface area (Å²) in [6.07, 6.45) is 0. The van der Waals surface area contributed by atoms with Gasteiger partial charge in [-0.05, 0) is 33.9 Å². The first-order valence-electron chi connectivity index (χ1n) is 6.41. The largest absolute Gasteiger partial charge is 0.357 e. The van der Waals surface area contributed by atoms with Crippen molar-refractivity contribution < 1.29 is 0 Å². The molecule has 0 aromatic rings. The van der Waals surface area contributed by atoms with Gasteiger partial charge in [-0.2, -0.15) is 0 Å². The first-order chi connectivity index (χ1) is 7.63. The highest BCUT2D eigenvalue weighted by Gasteiger charge is 2.00. The topological polar surface area (TPSA) is 39.7 Å². The molecule has 0 fully saturated rings. The van der Waals surface area contributed by atoms with Crippen molar-refractivity contribution in [2.75, 3.05) is 32.7 Å². The molecule has 0 aromatic carbocycles. The molecule has 0 amide bonds. The van der Waals surface area contributed by atoms with Gasteiger partial charge in [0.25, 0.3) is 0 Å². The van der Waals surface area contributed by atoms with Crippen molar-refractivity contribution >= 4 is 29.9 Å². The zero-order valence-corrected chi connectivity index (χ0v) is 14.2. The van der Waals surface area contributed by atoms with Crippen LogP contribution in [-0.2, 0) is 0 Å². The van der Waals surface area contributed by atoms with Gasteiger partial charge in [-0.1, -0.05) is 13.8 Å². The lowest BCUT2D eigenvalue weighted by atomic mass is 10.4. The predicted octanol–water partition coefficient (Wildman–Crippen LogP) is 1.91. The zero-order valence-electron chi connectivity index (χ0n) is 11.9. The third-order valence-corrected chi connectivity index (χ3v) is 2.35. The maximum atomic E-state index is 4.54. The van der Waals surface area contributed by atoms with E-state index in [-0.39, 0.29) is 24.0 Å². The summed E-state index contributed by atoms with van der Waals surface area (Å²) < 4.78 is 0. The van der Waals surface area contributed by atoms with Crippen LogP contribution in [0.3, 0.4) is 0 Å². The number of rotatable bonds is 7. The monoisotopic (exact) mass is 356 g/mol. The molecule has 5 heteroatoms. The summed E-state index contributed by atoms with van der Waals surface area (Å²) in [4.78, 5) is 6.92. The third kappa shape index (κ3) is 10.8. The molecule has 0 spiro atoms. The average Bonchev–Trinajstić information content (AvgIpc) is 2.24. The smallest absolute Gasteiger partial charge is 0.191 e. The van der Waals surface area contributed by atoms with Crippen LogP contribution in [0.5, 0.6) is 0 Å². The van der Waals surface area contributed by atoms with E-state index in [2.05, 4.69) is 55.1 Å². The molecule has 2 N–H and O–H groups in total. The van der Waals surface area contributed by atoms with Gasteiger partial charge in [-0.15, -0.1) is 24.0 Å². The van der Waals surface area contributed by atoms with Crippen LogP contribution in [0, 0.1) is 0 Å². The molecule has 0 saturated carbocycles. The molecule has 0 atom stereocenters. The van der Waals surface area contributed by atoms with Crippen LogP contribution in [0.25, 0.3) is 0 Å². The van der Waals surface area contributed by atoms with Gasteiger partial charge in [0, 0.05) is 19.1 Å². The van der Waals surface area contributed by atoms with Crippen LogP contribution in [0.1, 0.15) is 34.6 Å². The molecule has 17 heavy (non-hydrogen) atoms. The molecular formula is C12H29IN4. The molecule has 0 rings (SSSR count). The van der Waals surface area contributed by atoms with Gasteiger partial charge in [-0.3, -0.25) is 4.99 Å². The highest BCUT2D eigenvalue weighted by atomic mass is 127. The number of hydrogen-bond acceptors (Lipinski definition) is 2. The van der Waals surface area contributed by atoms with Gasteiger partial charge in [0.1, 0.15) is 0 Å². The molecule has 0 heterocycles. The Bertz CT molecular complexity index is 191. The molecule has 0 bridgehead atoms. The van der Waals surface area contributed by atoms with Gasteiger partial charge >= 0.3 is 0 Å². The van der Waals surface area contributed by atoms with Crippen LogP contribution in [0.2, 0.25) is 0 Å². The molecule has 0 radical (unpaired) electrons. The second-order valence-corrected chi connectivity index (χ2v) is 4.09. The fraction of sp³-hybridized carbons (Fsp3) is 0.917. The molecule has 0 aliphatic rings. The summed E-state index contributed by atoms with van der Waals surface area (Å²) >= 11 is 0. The van der Waals surface area contributed by atoms with Crippen molar-refractivity contribution in [1.82, 2.24) is 15.5 Å². The van der Waals surface area contributed by atoms with E-state index in [1.54, 1.807) is 0 Å². The first kappa shape index (κ1) is 19.3. The zero-order chi connectivity index (χ0) is 12.4. The summed E-state index contributed by atoms with van der Waals surface area (Å²) in [5, 5.41) is 6.55. The fourth-order valence-electron chi connectivity index (χ4n) is 1.44. The summed E-state index contributed by atoms with van der Waals surface area (Å²) in [5.41, 5.74) is 0. The third-order valence-electron chi connectivity index (χ3n) is 2.35. The molecule has 0 aliphatic carbocycles. The lowest BCUT2D eigenvalue weighted by Gasteiger charge is -2.18. The number of nitrogens with one attached hydrogen (secondary N) is 2. The van der Waals surface area contributed by atoms with E-state index < -0.39 is 0 Å². The predicted molar refractivity (Wildman–Crippen MR) is 87.5 cm³/mol. The number of nitrogens with zero attached hydrogens (tertiary/aromatic N) is 2. The minimum atomic E-state index is 0. The Kier molecular flexibility index (Phi) is 14.1. The van der Waals surface area contributed by atoms with E-state index in [1.807, 2.05) is 0 Å². The van der Waals surface area contributed by atoms with Gasteiger partial charge < -0.3 is 15.5 Å². The van der Waals surface area contributed by atoms with E-state index in [1.165, 1.54) is 0 Å². The van der Waals surface area contributed by atoms with E-state index in [0.29, 0.717) is 6.04 Å². The maximum absolute atomic E-state index is 4.54. The summed E-state index contributed by atoms with van der Waals surface area (Å²) in [7, 11) is 0. The van der Waals surface area contributed by atoms with Crippen molar-refractivity contribution in [3.05, 3.63) is 0 Å². The Morgan fingerprint density at radius 1 is 1.18 bits per heavy atom. The Labute approximate surface area is 124 Å². The van der Waals surface area contributed by atoms with Gasteiger partial charge in [0.2, 0.25) is 0 Å². The van der Waals surface area contributed by atoms with E-state index in [4.69, 9.17) is 0 Å². The Hall–Kier alpha value is -0.0400. The van der Waals surface area contributed by atoms with Crippen molar-refractivity contribution in [3.63, 3.8) is 0 Å². The lowest BCUT2D eigenvalue weighted by molar-refractivity contribution is 0.313. The van der Waals surface area contributed by atoms with Gasteiger partial charge in [-0.25, -0.2) is 0 Å². The number of likely N-dealkylation sites (N-methyl/N-ethyl adjacent to an activating group) is 1. The minimum Gasteiger partial charge on any atom is -0.357 e. The maximum Gasteiger partial charge on any atom is 0.191 e. The SMILES string of the molecule is CCNC(=NCCN(CC)CC)NC(C)C.I. The number of guanidine groups is 1. The quantitative estimate of drug-likeness (QED) is 0.416. The highest BCUT2D eigenvalue weighted by Crippen LogP contribution is 1.87. The first-order valence-corrected chi connectivity index (χ1v) is 6.41. The molecule has 4 nitrogen and oxygen atoms in total. The van der Waals surface area contributed by atoms with Crippen molar-refractivity contribution in [2.24, 2.45) is 4.99 Å². The highest BCUT2D eigenvalue weighted by molar-refractivity contribution is 14.0. The molecule has 104 valence electrons. The van der Waals surface area contributed by atoms with Crippen LogP contribution in [0.4, 0.5) is 0 Å². The van der Waals surface area contributed by atoms with Crippen LogP contribution in [0.15, 0.2) is 4.99 Å². The molecular weight excluding hydrogens is 327 g/mol. The molecule has 0 saturated heterocycles. The molecule has 0 unspecified atom stereocenters. The van der Waals surface area contributed by atoms with Crippen molar-refractivity contribution in [1.29, 1.82) is 0 Å². The van der Waals surface area contributed by atoms with Gasteiger partial charge in [0.05, 0.1) is 6.54 Å². The van der Waals surface area contributed by atoms with E-state index in [9.17, 15) is 0 Å². The second kappa shape index (κ2) is 12.4. The average molecular weight is 356 g/mol. The standard InChI is InChI=1S/C12H28N4.HI/c1-6-13-12(15-11(4)5)14-9-10-16(7-2)8-3;/h11H,6-10H2,1-5H3,(H2,13,14,15);1H. The lowest BCUT2D eigenvalue weighted by Crippen LogP contribution is -2.41. The Morgan fingerprint density at radius 2 is 1.76 bits per heavy atom. The fourth-order valence-corrected chi connectivity index (χ4v) is 1.44. The Morgan fingerprint density at radius 3 is 2.18 bits per heavy atom. The van der Waals surface area contributed by atoms with Crippen LogP contribution >= 0.6 is 24.0 Å². The van der Waals surface area contributed by atoms with Crippen LogP contribution < -0.4 is 10.6 Å². The van der Waals surface area contributed by atoms with E-state index >= 15 is 0 Å².